The van der Waals surface area contributed by atoms with Crippen LogP contribution in [0.3, 0.4) is 0 Å². The smallest absolute Gasteiger partial charge is 0.385 e. The summed E-state index contributed by atoms with van der Waals surface area (Å²) in [5.41, 5.74) is -0.186. The van der Waals surface area contributed by atoms with Gasteiger partial charge in [0, 0.05) is 5.92 Å². The number of hydrogen-bond acceptors (Lipinski definition) is 5. The van der Waals surface area contributed by atoms with Crippen molar-refractivity contribution in [3.63, 3.8) is 0 Å². The fourth-order valence-corrected chi connectivity index (χ4v) is 2.46. The highest BCUT2D eigenvalue weighted by Crippen LogP contribution is 2.35. The predicted octanol–water partition coefficient (Wildman–Crippen LogP) is 1.51. The molecule has 0 radical (unpaired) electrons. The van der Waals surface area contributed by atoms with Crippen LogP contribution in [0.1, 0.15) is 39.0 Å². The lowest BCUT2D eigenvalue weighted by Gasteiger charge is -2.21. The number of carbonyl (C=O) groups is 3. The van der Waals surface area contributed by atoms with Crippen molar-refractivity contribution in [3.05, 3.63) is 11.3 Å². The van der Waals surface area contributed by atoms with Gasteiger partial charge in [0.05, 0.1) is 6.61 Å². The van der Waals surface area contributed by atoms with Crippen molar-refractivity contribution in [3.8, 4) is 0 Å². The molecule has 1 heterocycles. The van der Waals surface area contributed by atoms with Gasteiger partial charge in [0.25, 0.3) is 5.78 Å². The standard InChI is InChI=1S/C13H16O5/c1-2-17-12(15)9-10(14)13(16)18-11(9)8-6-4-3-5-7-8/h8H,2-7H2,1H3. The number of esters is 2. The molecule has 1 saturated carbocycles. The third kappa shape index (κ3) is 2.30. The number of carbonyl (C=O) groups excluding carboxylic acids is 3. The minimum atomic E-state index is -0.960. The zero-order valence-corrected chi connectivity index (χ0v) is 10.4. The Hall–Kier alpha value is -1.65. The van der Waals surface area contributed by atoms with Gasteiger partial charge in [-0.3, -0.25) is 4.79 Å². The molecular weight excluding hydrogens is 236 g/mol. The number of hydrogen-bond donors (Lipinski definition) is 0. The molecule has 0 N–H and O–H groups in total. The predicted molar refractivity (Wildman–Crippen MR) is 61.3 cm³/mol. The van der Waals surface area contributed by atoms with Gasteiger partial charge >= 0.3 is 11.9 Å². The third-order valence-electron chi connectivity index (χ3n) is 3.32. The molecule has 98 valence electrons. The van der Waals surface area contributed by atoms with Gasteiger partial charge in [-0.1, -0.05) is 19.3 Å². The number of Topliss-reactive ketones (excluding diaryl/α,β-unsaturated/α-hetero) is 1. The molecule has 2 rings (SSSR count). The average Bonchev–Trinajstić information content (AvgIpc) is 2.67. The van der Waals surface area contributed by atoms with Crippen molar-refractivity contribution in [1.82, 2.24) is 0 Å². The number of rotatable bonds is 3. The number of cyclic esters (lactones) is 1. The minimum Gasteiger partial charge on any atom is -0.462 e. The van der Waals surface area contributed by atoms with Crippen LogP contribution >= 0.6 is 0 Å². The molecule has 0 aromatic rings. The first-order chi connectivity index (χ1) is 8.65. The Balaban J connectivity index is 2.28. The summed E-state index contributed by atoms with van der Waals surface area (Å²) in [5.74, 6) is -2.33. The first-order valence-corrected chi connectivity index (χ1v) is 6.33. The first kappa shape index (κ1) is 12.8. The van der Waals surface area contributed by atoms with Crippen LogP contribution in [-0.4, -0.2) is 24.3 Å². The maximum Gasteiger partial charge on any atom is 0.385 e. The van der Waals surface area contributed by atoms with E-state index in [1.807, 2.05) is 0 Å². The van der Waals surface area contributed by atoms with E-state index in [1.165, 1.54) is 0 Å². The van der Waals surface area contributed by atoms with Gasteiger partial charge in [-0.15, -0.1) is 0 Å². The number of allylic oxidation sites excluding steroid dienone is 1. The highest BCUT2D eigenvalue weighted by molar-refractivity contribution is 6.48. The molecule has 1 fully saturated rings. The Kier molecular flexibility index (Phi) is 3.79. The lowest BCUT2D eigenvalue weighted by Crippen LogP contribution is -2.19. The van der Waals surface area contributed by atoms with Crippen molar-refractivity contribution in [2.24, 2.45) is 5.92 Å². The van der Waals surface area contributed by atoms with E-state index in [-0.39, 0.29) is 23.9 Å². The van der Waals surface area contributed by atoms with Gasteiger partial charge in [0.15, 0.2) is 5.57 Å². The second-order valence-electron chi connectivity index (χ2n) is 4.51. The molecule has 1 aliphatic carbocycles. The Bertz CT molecular complexity index is 415. The molecule has 1 aliphatic heterocycles. The average molecular weight is 252 g/mol. The second-order valence-corrected chi connectivity index (χ2v) is 4.51. The van der Waals surface area contributed by atoms with E-state index < -0.39 is 17.7 Å². The van der Waals surface area contributed by atoms with Gasteiger partial charge in [-0.05, 0) is 19.8 Å². The first-order valence-electron chi connectivity index (χ1n) is 6.33. The molecule has 0 amide bonds. The van der Waals surface area contributed by atoms with Gasteiger partial charge in [-0.2, -0.15) is 0 Å². The maximum atomic E-state index is 11.7. The highest BCUT2D eigenvalue weighted by atomic mass is 16.6. The largest absolute Gasteiger partial charge is 0.462 e. The van der Waals surface area contributed by atoms with Crippen LogP contribution in [0, 0.1) is 5.92 Å². The third-order valence-corrected chi connectivity index (χ3v) is 3.32. The lowest BCUT2D eigenvalue weighted by atomic mass is 9.86. The summed E-state index contributed by atoms with van der Waals surface area (Å²) in [5, 5.41) is 0. The quantitative estimate of drug-likeness (QED) is 0.432. The van der Waals surface area contributed by atoms with Gasteiger partial charge in [0.1, 0.15) is 5.76 Å². The summed E-state index contributed by atoms with van der Waals surface area (Å²) in [6.07, 6.45) is 4.88. The summed E-state index contributed by atoms with van der Waals surface area (Å²) in [6, 6.07) is 0. The summed E-state index contributed by atoms with van der Waals surface area (Å²) in [6.45, 7) is 1.82. The Morgan fingerprint density at radius 1 is 1.28 bits per heavy atom. The number of ether oxygens (including phenoxy) is 2. The molecular formula is C13H16O5. The topological polar surface area (TPSA) is 69.7 Å². The van der Waals surface area contributed by atoms with Gasteiger partial charge < -0.3 is 9.47 Å². The van der Waals surface area contributed by atoms with Crippen molar-refractivity contribution in [2.45, 2.75) is 39.0 Å². The highest BCUT2D eigenvalue weighted by Gasteiger charge is 2.42. The van der Waals surface area contributed by atoms with Crippen LogP contribution < -0.4 is 0 Å². The Morgan fingerprint density at radius 2 is 1.94 bits per heavy atom. The summed E-state index contributed by atoms with van der Waals surface area (Å²) in [7, 11) is 0. The molecule has 0 bridgehead atoms. The Morgan fingerprint density at radius 3 is 2.56 bits per heavy atom. The van der Waals surface area contributed by atoms with Crippen LogP contribution in [0.2, 0.25) is 0 Å². The Labute approximate surface area is 105 Å². The van der Waals surface area contributed by atoms with E-state index in [0.717, 1.165) is 32.1 Å². The van der Waals surface area contributed by atoms with E-state index in [2.05, 4.69) is 0 Å². The van der Waals surface area contributed by atoms with Crippen LogP contribution in [0.25, 0.3) is 0 Å². The number of ketones is 1. The molecule has 0 spiro atoms. The molecule has 2 aliphatic rings. The van der Waals surface area contributed by atoms with Crippen molar-refractivity contribution in [2.75, 3.05) is 6.61 Å². The molecule has 0 saturated heterocycles. The van der Waals surface area contributed by atoms with E-state index >= 15 is 0 Å². The van der Waals surface area contributed by atoms with Crippen LogP contribution in [0.5, 0.6) is 0 Å². The minimum absolute atomic E-state index is 0.00597. The fraction of sp³-hybridized carbons (Fsp3) is 0.615. The van der Waals surface area contributed by atoms with E-state index in [0.29, 0.717) is 0 Å². The van der Waals surface area contributed by atoms with E-state index in [4.69, 9.17) is 9.47 Å². The maximum absolute atomic E-state index is 11.7. The monoisotopic (exact) mass is 252 g/mol. The lowest BCUT2D eigenvalue weighted by molar-refractivity contribution is -0.148. The molecule has 5 heteroatoms. The van der Waals surface area contributed by atoms with E-state index in [1.54, 1.807) is 6.92 Å². The summed E-state index contributed by atoms with van der Waals surface area (Å²) < 4.78 is 9.80. The molecule has 5 nitrogen and oxygen atoms in total. The zero-order chi connectivity index (χ0) is 13.1. The molecule has 0 unspecified atom stereocenters. The van der Waals surface area contributed by atoms with Crippen molar-refractivity contribution < 1.29 is 23.9 Å². The van der Waals surface area contributed by atoms with Gasteiger partial charge in [0.2, 0.25) is 0 Å². The van der Waals surface area contributed by atoms with Crippen LogP contribution in [-0.2, 0) is 23.9 Å². The van der Waals surface area contributed by atoms with Crippen molar-refractivity contribution >= 4 is 17.7 Å². The molecule has 0 aromatic heterocycles. The molecule has 0 atom stereocenters. The normalized spacial score (nSPS) is 21.2. The van der Waals surface area contributed by atoms with Gasteiger partial charge in [-0.25, -0.2) is 9.59 Å². The van der Waals surface area contributed by atoms with E-state index in [9.17, 15) is 14.4 Å². The van der Waals surface area contributed by atoms with Crippen molar-refractivity contribution in [1.29, 1.82) is 0 Å². The van der Waals surface area contributed by atoms with Crippen LogP contribution in [0.4, 0.5) is 0 Å². The zero-order valence-electron chi connectivity index (χ0n) is 10.4. The SMILES string of the molecule is CCOC(=O)C1=C(C2CCCCC2)OC(=O)C1=O. The fourth-order valence-electron chi connectivity index (χ4n) is 2.46. The summed E-state index contributed by atoms with van der Waals surface area (Å²) >= 11 is 0. The van der Waals surface area contributed by atoms with Crippen LogP contribution in [0.15, 0.2) is 11.3 Å². The molecule has 18 heavy (non-hydrogen) atoms. The second kappa shape index (κ2) is 5.33. The molecule has 0 aromatic carbocycles. The summed E-state index contributed by atoms with van der Waals surface area (Å²) in [4.78, 5) is 34.7.